The molecule has 0 unspecified atom stereocenters. The maximum absolute atomic E-state index is 12.7. The van der Waals surface area contributed by atoms with Crippen LogP contribution in [0, 0.1) is 10.1 Å². The maximum atomic E-state index is 12.7. The number of methoxy groups -OCH3 is 1. The van der Waals surface area contributed by atoms with E-state index >= 15 is 0 Å². The molecule has 0 saturated heterocycles. The van der Waals surface area contributed by atoms with E-state index in [1.165, 1.54) is 32.2 Å². The van der Waals surface area contributed by atoms with Crippen molar-refractivity contribution in [3.63, 3.8) is 0 Å². The molecule has 0 atom stereocenters. The molecule has 1 aliphatic heterocycles. The Morgan fingerprint density at radius 2 is 1.89 bits per heavy atom. The van der Waals surface area contributed by atoms with Gasteiger partial charge in [-0.05, 0) is 25.1 Å². The zero-order valence-electron chi connectivity index (χ0n) is 14.2. The molecule has 0 fully saturated rings. The monoisotopic (exact) mass is 394 g/mol. The van der Waals surface area contributed by atoms with Crippen LogP contribution in [-0.2, 0) is 10.0 Å². The lowest BCUT2D eigenvalue weighted by Crippen LogP contribution is -2.15. The number of rotatable bonds is 6. The number of hydrogen-bond acceptors (Lipinski definition) is 8. The molecular formula is C16H14N2O8S. The topological polar surface area (TPSA) is 134 Å². The van der Waals surface area contributed by atoms with Gasteiger partial charge in [-0.1, -0.05) is 0 Å². The lowest BCUT2D eigenvalue weighted by atomic mass is 10.1. The van der Waals surface area contributed by atoms with Crippen LogP contribution in [0.1, 0.15) is 17.3 Å². The average molecular weight is 394 g/mol. The lowest BCUT2D eigenvalue weighted by molar-refractivity contribution is -0.386. The maximum Gasteiger partial charge on any atom is 0.312 e. The second-order valence-corrected chi connectivity index (χ2v) is 7.19. The third-order valence-electron chi connectivity index (χ3n) is 3.79. The molecule has 2 aromatic rings. The fourth-order valence-corrected chi connectivity index (χ4v) is 3.59. The van der Waals surface area contributed by atoms with Crippen molar-refractivity contribution in [2.45, 2.75) is 11.8 Å². The molecule has 2 aromatic carbocycles. The number of Topliss-reactive ketones (excluding diaryl/α,β-unsaturated/α-hetero) is 1. The molecular weight excluding hydrogens is 380 g/mol. The Kier molecular flexibility index (Phi) is 4.62. The minimum absolute atomic E-state index is 0.0229. The number of nitro groups is 1. The summed E-state index contributed by atoms with van der Waals surface area (Å²) in [4.78, 5) is 21.9. The van der Waals surface area contributed by atoms with Crippen molar-refractivity contribution in [3.05, 3.63) is 46.0 Å². The van der Waals surface area contributed by atoms with Crippen molar-refractivity contribution >= 4 is 27.2 Å². The number of fused-ring (bicyclic) bond motifs is 1. The lowest BCUT2D eigenvalue weighted by Gasteiger charge is -2.12. The van der Waals surface area contributed by atoms with Crippen molar-refractivity contribution in [3.8, 4) is 17.2 Å². The van der Waals surface area contributed by atoms with Crippen LogP contribution in [0.2, 0.25) is 0 Å². The zero-order valence-corrected chi connectivity index (χ0v) is 15.0. The van der Waals surface area contributed by atoms with Gasteiger partial charge in [0.25, 0.3) is 10.0 Å². The third kappa shape index (κ3) is 3.49. The van der Waals surface area contributed by atoms with Crippen molar-refractivity contribution in [1.82, 2.24) is 0 Å². The highest BCUT2D eigenvalue weighted by molar-refractivity contribution is 7.92. The van der Waals surface area contributed by atoms with Gasteiger partial charge in [-0.2, -0.15) is 0 Å². The predicted octanol–water partition coefficient (Wildman–Crippen LogP) is 2.34. The van der Waals surface area contributed by atoms with Crippen LogP contribution in [0.15, 0.2) is 35.2 Å². The summed E-state index contributed by atoms with van der Waals surface area (Å²) in [5.41, 5.74) is -0.450. The van der Waals surface area contributed by atoms with Crippen LogP contribution in [0.4, 0.5) is 11.4 Å². The van der Waals surface area contributed by atoms with Gasteiger partial charge < -0.3 is 14.2 Å². The first-order valence-electron chi connectivity index (χ1n) is 7.53. The number of ether oxygens (including phenoxy) is 3. The molecule has 0 spiro atoms. The number of nitrogens with zero attached hydrogens (tertiary/aromatic N) is 1. The van der Waals surface area contributed by atoms with Crippen molar-refractivity contribution in [2.75, 3.05) is 18.6 Å². The van der Waals surface area contributed by atoms with Gasteiger partial charge in [0.05, 0.1) is 22.6 Å². The molecule has 0 amide bonds. The molecule has 3 rings (SSSR count). The Labute approximate surface area is 153 Å². The van der Waals surface area contributed by atoms with Gasteiger partial charge in [0.2, 0.25) is 6.79 Å². The summed E-state index contributed by atoms with van der Waals surface area (Å²) in [5, 5.41) is 11.1. The molecule has 1 N–H and O–H groups in total. The number of anilines is 1. The number of ketones is 1. The van der Waals surface area contributed by atoms with Crippen LogP contribution in [0.5, 0.6) is 17.2 Å². The molecule has 27 heavy (non-hydrogen) atoms. The van der Waals surface area contributed by atoms with Gasteiger partial charge >= 0.3 is 5.69 Å². The molecule has 0 saturated carbocycles. The molecule has 1 heterocycles. The minimum Gasteiger partial charge on any atom is -0.490 e. The third-order valence-corrected chi connectivity index (χ3v) is 5.16. The Morgan fingerprint density at radius 3 is 2.48 bits per heavy atom. The van der Waals surface area contributed by atoms with E-state index in [2.05, 4.69) is 4.72 Å². The van der Waals surface area contributed by atoms with Crippen LogP contribution in [-0.4, -0.2) is 33.0 Å². The summed E-state index contributed by atoms with van der Waals surface area (Å²) in [6.07, 6.45) is 0. The van der Waals surface area contributed by atoms with Crippen molar-refractivity contribution in [2.24, 2.45) is 0 Å². The SMILES string of the molecule is COc1ccc(S(=O)(=O)Nc2cc3c(cc2C(C)=O)OCO3)cc1[N+](=O)[O-]. The van der Waals surface area contributed by atoms with Crippen molar-refractivity contribution < 1.29 is 32.3 Å². The smallest absolute Gasteiger partial charge is 0.312 e. The molecule has 0 aliphatic carbocycles. The number of sulfonamides is 1. The summed E-state index contributed by atoms with van der Waals surface area (Å²) in [6.45, 7) is 1.22. The highest BCUT2D eigenvalue weighted by Crippen LogP contribution is 2.38. The van der Waals surface area contributed by atoms with E-state index in [0.717, 1.165) is 12.1 Å². The largest absolute Gasteiger partial charge is 0.490 e. The summed E-state index contributed by atoms with van der Waals surface area (Å²) < 4.78 is 42.9. The van der Waals surface area contributed by atoms with Crippen LogP contribution < -0.4 is 18.9 Å². The van der Waals surface area contributed by atoms with E-state index in [-0.39, 0.29) is 34.4 Å². The van der Waals surface area contributed by atoms with E-state index in [4.69, 9.17) is 14.2 Å². The summed E-state index contributed by atoms with van der Waals surface area (Å²) >= 11 is 0. The first-order valence-corrected chi connectivity index (χ1v) is 9.01. The first-order chi connectivity index (χ1) is 12.7. The normalized spacial score (nSPS) is 12.5. The highest BCUT2D eigenvalue weighted by atomic mass is 32.2. The van der Waals surface area contributed by atoms with E-state index in [1.807, 2.05) is 0 Å². The van der Waals surface area contributed by atoms with Gasteiger partial charge in [0.15, 0.2) is 23.0 Å². The van der Waals surface area contributed by atoms with E-state index in [0.29, 0.717) is 5.75 Å². The molecule has 10 nitrogen and oxygen atoms in total. The van der Waals surface area contributed by atoms with Gasteiger partial charge in [-0.15, -0.1) is 0 Å². The average Bonchev–Trinajstić information content (AvgIpc) is 3.07. The quantitative estimate of drug-likeness (QED) is 0.448. The van der Waals surface area contributed by atoms with Gasteiger partial charge in [0.1, 0.15) is 0 Å². The molecule has 11 heteroatoms. The Bertz CT molecular complexity index is 1050. The molecule has 0 bridgehead atoms. The van der Waals surface area contributed by atoms with Crippen LogP contribution in [0.3, 0.4) is 0 Å². The number of hydrogen-bond donors (Lipinski definition) is 1. The number of nitrogens with one attached hydrogen (secondary N) is 1. The zero-order chi connectivity index (χ0) is 19.8. The standard InChI is InChI=1S/C16H14N2O8S/c1-9(19)11-6-15-16(26-8-25-15)7-12(11)17-27(22,23)10-3-4-14(24-2)13(5-10)18(20)21/h3-7,17H,8H2,1-2H3. The van der Waals surface area contributed by atoms with Crippen LogP contribution in [0.25, 0.3) is 0 Å². The molecule has 142 valence electrons. The molecule has 0 radical (unpaired) electrons. The summed E-state index contributed by atoms with van der Waals surface area (Å²) in [7, 11) is -2.99. The fourth-order valence-electron chi connectivity index (χ4n) is 2.50. The molecule has 0 aromatic heterocycles. The second-order valence-electron chi connectivity index (χ2n) is 5.50. The fraction of sp³-hybridized carbons (Fsp3) is 0.188. The van der Waals surface area contributed by atoms with Gasteiger partial charge in [0, 0.05) is 17.7 Å². The van der Waals surface area contributed by atoms with E-state index in [9.17, 15) is 23.3 Å². The number of nitro benzene ring substituents is 1. The van der Waals surface area contributed by atoms with Crippen molar-refractivity contribution in [1.29, 1.82) is 0 Å². The molecule has 1 aliphatic rings. The Hall–Kier alpha value is -3.34. The first kappa shape index (κ1) is 18.5. The van der Waals surface area contributed by atoms with Gasteiger partial charge in [-0.3, -0.25) is 19.6 Å². The predicted molar refractivity (Wildman–Crippen MR) is 93.0 cm³/mol. The van der Waals surface area contributed by atoms with Gasteiger partial charge in [-0.25, -0.2) is 8.42 Å². The Morgan fingerprint density at radius 1 is 1.22 bits per heavy atom. The number of benzene rings is 2. The summed E-state index contributed by atoms with van der Waals surface area (Å²) in [6, 6.07) is 5.92. The van der Waals surface area contributed by atoms with Crippen LogP contribution >= 0.6 is 0 Å². The number of carbonyl (C=O) groups is 1. The number of carbonyl (C=O) groups excluding carboxylic acids is 1. The summed E-state index contributed by atoms with van der Waals surface area (Å²) in [5.74, 6) is 0.125. The van der Waals surface area contributed by atoms with E-state index < -0.39 is 26.4 Å². The highest BCUT2D eigenvalue weighted by Gasteiger charge is 2.25. The second kappa shape index (κ2) is 6.76. The van der Waals surface area contributed by atoms with E-state index in [1.54, 1.807) is 0 Å². The minimum atomic E-state index is -4.23. The Balaban J connectivity index is 2.04.